The molecule has 0 unspecified atom stereocenters. The van der Waals surface area contributed by atoms with Gasteiger partial charge in [-0.15, -0.1) is 0 Å². The van der Waals surface area contributed by atoms with Crippen molar-refractivity contribution in [3.63, 3.8) is 0 Å². The largest absolute Gasteiger partial charge is 0.508 e. The minimum Gasteiger partial charge on any atom is -0.508 e. The zero-order valence-corrected chi connectivity index (χ0v) is 16.4. The fourth-order valence-corrected chi connectivity index (χ4v) is 4.62. The number of aryl methyl sites for hydroxylation is 2. The molecule has 2 aromatic carbocycles. The Balaban J connectivity index is 1.93. The van der Waals surface area contributed by atoms with Gasteiger partial charge in [0, 0.05) is 12.1 Å². The van der Waals surface area contributed by atoms with Crippen molar-refractivity contribution in [2.75, 3.05) is 13.2 Å². The van der Waals surface area contributed by atoms with Crippen LogP contribution in [0.15, 0.2) is 46.2 Å². The van der Waals surface area contributed by atoms with Gasteiger partial charge in [0.2, 0.25) is 0 Å². The van der Waals surface area contributed by atoms with E-state index in [0.717, 1.165) is 12.1 Å². The van der Waals surface area contributed by atoms with Gasteiger partial charge in [-0.1, -0.05) is 12.1 Å². The summed E-state index contributed by atoms with van der Waals surface area (Å²) in [5.74, 6) is -0.419. The Kier molecular flexibility index (Phi) is 6.47. The van der Waals surface area contributed by atoms with E-state index in [4.69, 9.17) is 8.37 Å². The number of phenols is 2. The molecule has 0 saturated heterocycles. The number of hydrogen-bond acceptors (Lipinski definition) is 8. The summed E-state index contributed by atoms with van der Waals surface area (Å²) >= 11 is 0. The van der Waals surface area contributed by atoms with Gasteiger partial charge in [-0.2, -0.15) is 16.8 Å². The second-order valence-corrected chi connectivity index (χ2v) is 8.97. The summed E-state index contributed by atoms with van der Waals surface area (Å²) in [4.78, 5) is -0.321. The maximum atomic E-state index is 12.1. The molecular formula is C17H20O8S2. The summed E-state index contributed by atoms with van der Waals surface area (Å²) in [6.07, 6.45) is -0.00577. The number of rotatable bonds is 8. The molecule has 0 aromatic heterocycles. The van der Waals surface area contributed by atoms with E-state index in [1.807, 2.05) is 0 Å². The molecule has 2 aromatic rings. The third-order valence-electron chi connectivity index (χ3n) is 3.65. The molecule has 2 N–H and O–H groups in total. The number of aromatic hydroxyl groups is 2. The van der Waals surface area contributed by atoms with E-state index < -0.39 is 20.2 Å². The van der Waals surface area contributed by atoms with E-state index in [-0.39, 0.29) is 40.9 Å². The van der Waals surface area contributed by atoms with Crippen molar-refractivity contribution in [1.29, 1.82) is 0 Å². The normalized spacial score (nSPS) is 12.2. The highest BCUT2D eigenvalue weighted by atomic mass is 32.2. The summed E-state index contributed by atoms with van der Waals surface area (Å²) < 4.78 is 58.3. The molecule has 0 heterocycles. The van der Waals surface area contributed by atoms with Gasteiger partial charge >= 0.3 is 0 Å². The molecule has 0 spiro atoms. The van der Waals surface area contributed by atoms with Gasteiger partial charge < -0.3 is 10.2 Å². The molecule has 0 aliphatic rings. The highest BCUT2D eigenvalue weighted by Crippen LogP contribution is 2.24. The first-order valence-electron chi connectivity index (χ1n) is 7.91. The monoisotopic (exact) mass is 416 g/mol. The van der Waals surface area contributed by atoms with Crippen LogP contribution in [0.4, 0.5) is 0 Å². The fourth-order valence-electron chi connectivity index (χ4n) is 2.24. The molecule has 2 rings (SSSR count). The summed E-state index contributed by atoms with van der Waals surface area (Å²) in [6.45, 7) is 2.52. The van der Waals surface area contributed by atoms with Crippen LogP contribution >= 0.6 is 0 Å². The van der Waals surface area contributed by atoms with Crippen LogP contribution in [0.5, 0.6) is 11.5 Å². The van der Waals surface area contributed by atoms with Gasteiger partial charge in [0.1, 0.15) is 21.3 Å². The lowest BCUT2D eigenvalue weighted by atomic mass is 10.2. The van der Waals surface area contributed by atoms with Crippen molar-refractivity contribution < 1.29 is 35.4 Å². The Labute approximate surface area is 158 Å². The van der Waals surface area contributed by atoms with Crippen LogP contribution in [0.25, 0.3) is 0 Å². The Morgan fingerprint density at radius 3 is 1.48 bits per heavy atom. The zero-order valence-electron chi connectivity index (χ0n) is 14.7. The maximum Gasteiger partial charge on any atom is 0.297 e. The molecule has 10 heteroatoms. The van der Waals surface area contributed by atoms with E-state index in [9.17, 15) is 27.0 Å². The van der Waals surface area contributed by atoms with Crippen molar-refractivity contribution in [2.45, 2.75) is 30.1 Å². The molecule has 0 aliphatic heterocycles. The fraction of sp³-hybridized carbons (Fsp3) is 0.294. The Morgan fingerprint density at radius 2 is 1.11 bits per heavy atom. The van der Waals surface area contributed by atoms with Crippen molar-refractivity contribution in [3.8, 4) is 11.5 Å². The van der Waals surface area contributed by atoms with Crippen LogP contribution in [-0.2, 0) is 28.6 Å². The highest BCUT2D eigenvalue weighted by molar-refractivity contribution is 7.87. The molecule has 0 bridgehead atoms. The zero-order chi connectivity index (χ0) is 20.2. The standard InChI is InChI=1S/C17H20O8S2/c1-12-4-6-14(18)10-16(12)26(20,21)24-8-3-9-25-27(22,23)17-11-15(19)7-5-13(17)2/h4-7,10-11,18-19H,3,8-9H2,1-2H3. The minimum atomic E-state index is -4.09. The smallest absolute Gasteiger partial charge is 0.297 e. The van der Waals surface area contributed by atoms with Crippen molar-refractivity contribution in [1.82, 2.24) is 0 Å². The van der Waals surface area contributed by atoms with Gasteiger partial charge in [0.25, 0.3) is 20.2 Å². The lowest BCUT2D eigenvalue weighted by molar-refractivity contribution is 0.253. The molecule has 8 nitrogen and oxygen atoms in total. The van der Waals surface area contributed by atoms with Crippen molar-refractivity contribution >= 4 is 20.2 Å². The minimum absolute atomic E-state index is 0.00577. The number of benzene rings is 2. The van der Waals surface area contributed by atoms with Gasteiger partial charge in [-0.3, -0.25) is 8.37 Å². The average Bonchev–Trinajstić information content (AvgIpc) is 2.58. The van der Waals surface area contributed by atoms with Gasteiger partial charge in [-0.25, -0.2) is 0 Å². The first kappa shape index (κ1) is 21.2. The molecule has 148 valence electrons. The summed E-state index contributed by atoms with van der Waals surface area (Å²) in [7, 11) is -8.18. The summed E-state index contributed by atoms with van der Waals surface area (Å²) in [5, 5.41) is 18.9. The van der Waals surface area contributed by atoms with Crippen molar-refractivity contribution in [3.05, 3.63) is 47.5 Å². The van der Waals surface area contributed by atoms with E-state index in [0.29, 0.717) is 11.1 Å². The molecule has 0 aliphatic carbocycles. The molecule has 0 amide bonds. The van der Waals surface area contributed by atoms with E-state index >= 15 is 0 Å². The summed E-state index contributed by atoms with van der Waals surface area (Å²) in [6, 6.07) is 7.76. The van der Waals surface area contributed by atoms with Crippen LogP contribution in [0.1, 0.15) is 17.5 Å². The molecular weight excluding hydrogens is 396 g/mol. The van der Waals surface area contributed by atoms with Gasteiger partial charge in [-0.05, 0) is 43.5 Å². The number of phenolic OH excluding ortho intramolecular Hbond substituents is 2. The Hall–Kier alpha value is -2.14. The first-order chi connectivity index (χ1) is 12.5. The number of hydrogen-bond donors (Lipinski definition) is 2. The lowest BCUT2D eigenvalue weighted by Gasteiger charge is -2.10. The average molecular weight is 416 g/mol. The third kappa shape index (κ3) is 5.42. The topological polar surface area (TPSA) is 127 Å². The van der Waals surface area contributed by atoms with Crippen molar-refractivity contribution in [2.24, 2.45) is 0 Å². The maximum absolute atomic E-state index is 12.1. The van der Waals surface area contributed by atoms with Crippen LogP contribution < -0.4 is 0 Å². The molecule has 0 radical (unpaired) electrons. The third-order valence-corrected chi connectivity index (χ3v) is 6.56. The Bertz CT molecular complexity index is 943. The molecule has 27 heavy (non-hydrogen) atoms. The van der Waals surface area contributed by atoms with Crippen LogP contribution in [0.3, 0.4) is 0 Å². The predicted octanol–water partition coefficient (Wildman–Crippen LogP) is 2.22. The van der Waals surface area contributed by atoms with Crippen LogP contribution in [-0.4, -0.2) is 40.3 Å². The summed E-state index contributed by atoms with van der Waals surface area (Å²) in [5.41, 5.74) is 0.817. The second-order valence-electron chi connectivity index (χ2n) is 5.81. The second kappa shape index (κ2) is 8.26. The lowest BCUT2D eigenvalue weighted by Crippen LogP contribution is -2.13. The van der Waals surface area contributed by atoms with E-state index in [1.165, 1.54) is 24.3 Å². The molecule has 0 saturated carbocycles. The van der Waals surface area contributed by atoms with Crippen LogP contribution in [0, 0.1) is 13.8 Å². The SMILES string of the molecule is Cc1ccc(O)cc1S(=O)(=O)OCCCOS(=O)(=O)c1cc(O)ccc1C. The van der Waals surface area contributed by atoms with Gasteiger partial charge in [0.15, 0.2) is 0 Å². The molecule has 0 fully saturated rings. The van der Waals surface area contributed by atoms with Gasteiger partial charge in [0.05, 0.1) is 13.2 Å². The predicted molar refractivity (Wildman–Crippen MR) is 96.6 cm³/mol. The first-order valence-corrected chi connectivity index (χ1v) is 10.7. The van der Waals surface area contributed by atoms with Crippen LogP contribution in [0.2, 0.25) is 0 Å². The quantitative estimate of drug-likeness (QED) is 0.495. The van der Waals surface area contributed by atoms with E-state index in [2.05, 4.69) is 0 Å². The van der Waals surface area contributed by atoms with E-state index in [1.54, 1.807) is 13.8 Å². The highest BCUT2D eigenvalue weighted by Gasteiger charge is 2.20. The molecule has 0 atom stereocenters. The Morgan fingerprint density at radius 1 is 0.741 bits per heavy atom.